The van der Waals surface area contributed by atoms with E-state index >= 15 is 0 Å². The number of aromatic nitrogens is 1. The maximum absolute atomic E-state index is 13.0. The average molecular weight is 375 g/mol. The highest BCUT2D eigenvalue weighted by Crippen LogP contribution is 2.25. The highest BCUT2D eigenvalue weighted by atomic mass is 35.5. The fourth-order valence-corrected chi connectivity index (χ4v) is 3.54. The number of carbonyl (C=O) groups excluding carboxylic acids is 1. The van der Waals surface area contributed by atoms with E-state index in [1.54, 1.807) is 10.6 Å². The van der Waals surface area contributed by atoms with Crippen LogP contribution in [0, 0.1) is 0 Å². The zero-order chi connectivity index (χ0) is 18.5. The normalized spacial score (nSPS) is 13.6. The summed E-state index contributed by atoms with van der Waals surface area (Å²) in [5, 5.41) is 3.54. The minimum atomic E-state index is -0.237. The number of nitrogens with one attached hydrogen (secondary N) is 1. The van der Waals surface area contributed by atoms with Crippen LogP contribution >= 0.6 is 11.6 Å². The number of nitrogens with zero attached hydrogens (tertiary/aromatic N) is 1. The monoisotopic (exact) mass is 374 g/mol. The fourth-order valence-electron chi connectivity index (χ4n) is 3.33. The molecule has 6 heteroatoms. The summed E-state index contributed by atoms with van der Waals surface area (Å²) < 4.78 is 7.34. The quantitative estimate of drug-likeness (QED) is 0.870. The molecule has 2 heterocycles. The Hall–Kier alpha value is -2.27. The highest BCUT2D eigenvalue weighted by molar-refractivity contribution is 6.31. The van der Waals surface area contributed by atoms with Crippen LogP contribution < -0.4 is 15.6 Å². The molecule has 0 saturated heterocycles. The first-order chi connectivity index (χ1) is 12.6. The third-order valence-corrected chi connectivity index (χ3v) is 4.97. The molecule has 1 N–H and O–H groups in total. The van der Waals surface area contributed by atoms with Gasteiger partial charge in [0.1, 0.15) is 11.3 Å². The predicted octanol–water partition coefficient (Wildman–Crippen LogP) is 3.56. The maximum atomic E-state index is 13.0. The van der Waals surface area contributed by atoms with Crippen LogP contribution in [0.3, 0.4) is 0 Å². The van der Waals surface area contributed by atoms with Crippen molar-refractivity contribution in [2.45, 2.75) is 45.7 Å². The van der Waals surface area contributed by atoms with Crippen molar-refractivity contribution in [2.24, 2.45) is 0 Å². The van der Waals surface area contributed by atoms with Gasteiger partial charge in [-0.15, -0.1) is 0 Å². The Bertz CT molecular complexity index is 861. The first kappa shape index (κ1) is 18.5. The van der Waals surface area contributed by atoms with E-state index in [4.69, 9.17) is 16.3 Å². The summed E-state index contributed by atoms with van der Waals surface area (Å²) >= 11 is 6.17. The lowest BCUT2D eigenvalue weighted by Crippen LogP contribution is -2.31. The van der Waals surface area contributed by atoms with Crippen molar-refractivity contribution in [1.82, 2.24) is 9.88 Å². The number of fused-ring (bicyclic) bond motifs is 1. The number of hydrogen-bond donors (Lipinski definition) is 1. The molecule has 0 fully saturated rings. The number of ether oxygens (including phenoxy) is 1. The van der Waals surface area contributed by atoms with Crippen LogP contribution in [0.4, 0.5) is 0 Å². The van der Waals surface area contributed by atoms with Gasteiger partial charge in [-0.2, -0.15) is 0 Å². The van der Waals surface area contributed by atoms with Gasteiger partial charge in [-0.3, -0.25) is 9.59 Å². The van der Waals surface area contributed by atoms with E-state index in [1.165, 1.54) is 6.07 Å². The molecule has 1 aliphatic rings. The smallest absolute Gasteiger partial charge is 0.257 e. The van der Waals surface area contributed by atoms with E-state index in [-0.39, 0.29) is 11.5 Å². The molecule has 26 heavy (non-hydrogen) atoms. The molecule has 1 amide bonds. The molecule has 1 aromatic carbocycles. The Labute approximate surface area is 157 Å². The standard InChI is InChI=1S/C20H23ClN2O3/c1-2-26-17-12-18(24)23-11-7-3-4-10-16(23)19(17)20(25)22-13-14-8-5-6-9-15(14)21/h5-6,8-9,12H,2-4,7,10-11,13H2,1H3,(H,22,25). The molecule has 5 nitrogen and oxygen atoms in total. The number of amides is 1. The van der Waals surface area contributed by atoms with Crippen molar-refractivity contribution in [1.29, 1.82) is 0 Å². The third kappa shape index (κ3) is 3.93. The zero-order valence-electron chi connectivity index (χ0n) is 14.9. The van der Waals surface area contributed by atoms with Gasteiger partial charge in [-0.1, -0.05) is 36.2 Å². The van der Waals surface area contributed by atoms with Crippen LogP contribution in [0.5, 0.6) is 5.75 Å². The summed E-state index contributed by atoms with van der Waals surface area (Å²) in [6, 6.07) is 8.84. The van der Waals surface area contributed by atoms with Crippen molar-refractivity contribution >= 4 is 17.5 Å². The number of carbonyl (C=O) groups is 1. The Morgan fingerprint density at radius 3 is 2.85 bits per heavy atom. The second-order valence-electron chi connectivity index (χ2n) is 6.34. The van der Waals surface area contributed by atoms with Gasteiger partial charge in [0, 0.05) is 29.9 Å². The molecule has 0 spiro atoms. The average Bonchev–Trinajstić information content (AvgIpc) is 2.88. The maximum Gasteiger partial charge on any atom is 0.257 e. The molecule has 0 unspecified atom stereocenters. The van der Waals surface area contributed by atoms with E-state index in [1.807, 2.05) is 25.1 Å². The molecule has 0 aliphatic carbocycles. The van der Waals surface area contributed by atoms with Gasteiger partial charge in [-0.05, 0) is 37.8 Å². The van der Waals surface area contributed by atoms with Gasteiger partial charge < -0.3 is 14.6 Å². The first-order valence-electron chi connectivity index (χ1n) is 9.03. The molecular weight excluding hydrogens is 352 g/mol. The van der Waals surface area contributed by atoms with Crippen LogP contribution in [0.25, 0.3) is 0 Å². The minimum absolute atomic E-state index is 0.104. The summed E-state index contributed by atoms with van der Waals surface area (Å²) in [4.78, 5) is 25.4. The SMILES string of the molecule is CCOc1cc(=O)n2c(c1C(=O)NCc1ccccc1Cl)CCCCC2. The molecule has 1 aromatic heterocycles. The van der Waals surface area contributed by atoms with E-state index in [0.29, 0.717) is 42.5 Å². The molecule has 0 saturated carbocycles. The lowest BCUT2D eigenvalue weighted by atomic mass is 10.1. The van der Waals surface area contributed by atoms with Crippen LogP contribution in [-0.2, 0) is 19.5 Å². The molecule has 3 rings (SSSR count). The summed E-state index contributed by atoms with van der Waals surface area (Å²) in [6.07, 6.45) is 3.65. The van der Waals surface area contributed by atoms with Gasteiger partial charge in [-0.25, -0.2) is 0 Å². The predicted molar refractivity (Wildman–Crippen MR) is 102 cm³/mol. The summed E-state index contributed by atoms with van der Waals surface area (Å²) in [6.45, 7) is 3.20. The molecule has 0 atom stereocenters. The van der Waals surface area contributed by atoms with Gasteiger partial charge in [0.05, 0.1) is 6.61 Å². The lowest BCUT2D eigenvalue weighted by Gasteiger charge is -2.18. The molecule has 2 aromatic rings. The number of pyridine rings is 1. The van der Waals surface area contributed by atoms with Gasteiger partial charge in [0.25, 0.3) is 11.5 Å². The molecule has 1 aliphatic heterocycles. The van der Waals surface area contributed by atoms with E-state index in [2.05, 4.69) is 5.32 Å². The summed E-state index contributed by atoms with van der Waals surface area (Å²) in [5.41, 5.74) is 1.99. The number of rotatable bonds is 5. The Morgan fingerprint density at radius 1 is 1.27 bits per heavy atom. The lowest BCUT2D eigenvalue weighted by molar-refractivity contribution is 0.0945. The van der Waals surface area contributed by atoms with Crippen molar-refractivity contribution in [2.75, 3.05) is 6.61 Å². The van der Waals surface area contributed by atoms with E-state index in [0.717, 1.165) is 30.5 Å². The second-order valence-corrected chi connectivity index (χ2v) is 6.75. The van der Waals surface area contributed by atoms with E-state index < -0.39 is 0 Å². The Balaban J connectivity index is 1.95. The van der Waals surface area contributed by atoms with E-state index in [9.17, 15) is 9.59 Å². The van der Waals surface area contributed by atoms with Gasteiger partial charge in [0.15, 0.2) is 0 Å². The van der Waals surface area contributed by atoms with Crippen LogP contribution in [0.2, 0.25) is 5.02 Å². The number of hydrogen-bond acceptors (Lipinski definition) is 3. The Kier molecular flexibility index (Phi) is 5.99. The van der Waals surface area contributed by atoms with Crippen LogP contribution in [0.15, 0.2) is 35.1 Å². The highest BCUT2D eigenvalue weighted by Gasteiger charge is 2.23. The molecular formula is C20H23ClN2O3. The van der Waals surface area contributed by atoms with Gasteiger partial charge in [0.2, 0.25) is 0 Å². The fraction of sp³-hybridized carbons (Fsp3) is 0.400. The van der Waals surface area contributed by atoms with Gasteiger partial charge >= 0.3 is 0 Å². The largest absolute Gasteiger partial charge is 0.493 e. The minimum Gasteiger partial charge on any atom is -0.493 e. The number of benzene rings is 1. The first-order valence-corrected chi connectivity index (χ1v) is 9.40. The van der Waals surface area contributed by atoms with Crippen molar-refractivity contribution in [3.05, 3.63) is 62.5 Å². The summed E-state index contributed by atoms with van der Waals surface area (Å²) in [5.74, 6) is 0.126. The topological polar surface area (TPSA) is 60.3 Å². The van der Waals surface area contributed by atoms with Crippen LogP contribution in [-0.4, -0.2) is 17.1 Å². The summed E-state index contributed by atoms with van der Waals surface area (Å²) in [7, 11) is 0. The van der Waals surface area contributed by atoms with Crippen molar-refractivity contribution in [3.8, 4) is 5.75 Å². The second kappa shape index (κ2) is 8.41. The van der Waals surface area contributed by atoms with Crippen molar-refractivity contribution in [3.63, 3.8) is 0 Å². The number of halogens is 1. The molecule has 138 valence electrons. The molecule has 0 radical (unpaired) electrons. The Morgan fingerprint density at radius 2 is 2.08 bits per heavy atom. The molecule has 0 bridgehead atoms. The third-order valence-electron chi connectivity index (χ3n) is 4.60. The zero-order valence-corrected chi connectivity index (χ0v) is 15.6. The van der Waals surface area contributed by atoms with Crippen molar-refractivity contribution < 1.29 is 9.53 Å². The van der Waals surface area contributed by atoms with Crippen LogP contribution in [0.1, 0.15) is 47.8 Å².